The monoisotopic (exact) mass is 623 g/mol. The zero-order valence-electron chi connectivity index (χ0n) is 25.3. The van der Waals surface area contributed by atoms with Crippen LogP contribution in [0.3, 0.4) is 0 Å². The average molecular weight is 624 g/mol. The van der Waals surface area contributed by atoms with Crippen molar-refractivity contribution in [2.45, 2.75) is 44.9 Å². The molecule has 3 amide bonds. The predicted octanol–water partition coefficient (Wildman–Crippen LogP) is 5.67. The van der Waals surface area contributed by atoms with E-state index in [1.807, 2.05) is 60.7 Å². The fourth-order valence-corrected chi connectivity index (χ4v) is 6.13. The second-order valence-corrected chi connectivity index (χ2v) is 11.4. The van der Waals surface area contributed by atoms with Crippen LogP contribution in [0.2, 0.25) is 5.02 Å². The van der Waals surface area contributed by atoms with Crippen LogP contribution in [0.15, 0.2) is 103 Å². The quantitative estimate of drug-likeness (QED) is 0.243. The molecular formula is C36H34ClN3O5. The number of aryl methyl sites for hydroxylation is 1. The molecule has 1 heterocycles. The van der Waals surface area contributed by atoms with Gasteiger partial charge in [-0.05, 0) is 47.4 Å². The largest absolute Gasteiger partial charge is 0.467 e. The first kappa shape index (κ1) is 31.5. The topological polar surface area (TPSA) is 96.0 Å². The van der Waals surface area contributed by atoms with Crippen LogP contribution in [0.5, 0.6) is 0 Å². The van der Waals surface area contributed by atoms with Gasteiger partial charge in [-0.3, -0.25) is 19.3 Å². The van der Waals surface area contributed by atoms with Crippen LogP contribution in [0, 0.1) is 6.92 Å². The average Bonchev–Trinajstić information content (AvgIpc) is 3.33. The number of ether oxygens (including phenoxy) is 1. The van der Waals surface area contributed by atoms with Gasteiger partial charge in [0.2, 0.25) is 5.91 Å². The van der Waals surface area contributed by atoms with Gasteiger partial charge in [0.25, 0.3) is 11.8 Å². The van der Waals surface area contributed by atoms with Gasteiger partial charge in [0, 0.05) is 25.5 Å². The Labute approximate surface area is 267 Å². The first-order chi connectivity index (χ1) is 21.7. The Hall–Kier alpha value is -4.95. The van der Waals surface area contributed by atoms with Gasteiger partial charge in [-0.1, -0.05) is 96.5 Å². The molecule has 1 aliphatic heterocycles. The number of carbonyl (C=O) groups excluding carboxylic acids is 4. The van der Waals surface area contributed by atoms with Crippen LogP contribution in [-0.4, -0.2) is 47.8 Å². The van der Waals surface area contributed by atoms with Gasteiger partial charge in [0.1, 0.15) is 18.2 Å². The van der Waals surface area contributed by atoms with E-state index in [0.717, 1.165) is 16.7 Å². The molecule has 0 radical (unpaired) electrons. The Balaban J connectivity index is 1.44. The SMILES string of the molecule is COC(=O)[C@H](Cc1ccc(N2C(=O)[C@@H](Cc3ccccc3)N(C(C)=O)[C@@H]2c2ccccc2)cc1)NC(=O)c1c(C)cccc1Cl. The minimum absolute atomic E-state index is 0.147. The van der Waals surface area contributed by atoms with Gasteiger partial charge in [-0.2, -0.15) is 0 Å². The van der Waals surface area contributed by atoms with Crippen molar-refractivity contribution in [3.05, 3.63) is 136 Å². The molecule has 0 spiro atoms. The van der Waals surface area contributed by atoms with Crippen molar-refractivity contribution in [3.8, 4) is 0 Å². The Morgan fingerprint density at radius 3 is 2.11 bits per heavy atom. The van der Waals surface area contributed by atoms with Gasteiger partial charge in [0.05, 0.1) is 17.7 Å². The molecule has 1 aliphatic rings. The van der Waals surface area contributed by atoms with Crippen LogP contribution in [-0.2, 0) is 32.0 Å². The summed E-state index contributed by atoms with van der Waals surface area (Å²) in [6.07, 6.45) is -0.117. The highest BCUT2D eigenvalue weighted by Gasteiger charge is 2.48. The lowest BCUT2D eigenvalue weighted by Gasteiger charge is -2.31. The number of methoxy groups -OCH3 is 1. The van der Waals surface area contributed by atoms with Crippen LogP contribution in [0.1, 0.15) is 45.7 Å². The van der Waals surface area contributed by atoms with E-state index >= 15 is 0 Å². The molecule has 0 aliphatic carbocycles. The third-order valence-electron chi connectivity index (χ3n) is 7.99. The summed E-state index contributed by atoms with van der Waals surface area (Å²) in [6, 6.07) is 29.8. The van der Waals surface area contributed by atoms with Gasteiger partial charge in [-0.15, -0.1) is 0 Å². The van der Waals surface area contributed by atoms with Crippen molar-refractivity contribution < 1.29 is 23.9 Å². The maximum atomic E-state index is 14.1. The van der Waals surface area contributed by atoms with Crippen LogP contribution >= 0.6 is 11.6 Å². The smallest absolute Gasteiger partial charge is 0.328 e. The molecule has 4 aromatic carbocycles. The van der Waals surface area contributed by atoms with Gasteiger partial charge >= 0.3 is 5.97 Å². The number of benzene rings is 4. The summed E-state index contributed by atoms with van der Waals surface area (Å²) in [5.41, 5.74) is 4.07. The summed E-state index contributed by atoms with van der Waals surface area (Å²) in [4.78, 5) is 56.4. The van der Waals surface area contributed by atoms with Crippen molar-refractivity contribution in [1.82, 2.24) is 10.2 Å². The minimum Gasteiger partial charge on any atom is -0.467 e. The van der Waals surface area contributed by atoms with Gasteiger partial charge in [-0.25, -0.2) is 4.79 Å². The van der Waals surface area contributed by atoms with Crippen molar-refractivity contribution in [2.24, 2.45) is 0 Å². The molecule has 1 N–H and O–H groups in total. The summed E-state index contributed by atoms with van der Waals surface area (Å²) in [6.45, 7) is 3.26. The van der Waals surface area contributed by atoms with Crippen LogP contribution in [0.4, 0.5) is 5.69 Å². The van der Waals surface area contributed by atoms with E-state index in [1.54, 1.807) is 59.2 Å². The number of amides is 3. The Morgan fingerprint density at radius 1 is 0.867 bits per heavy atom. The van der Waals surface area contributed by atoms with Gasteiger partial charge < -0.3 is 15.0 Å². The van der Waals surface area contributed by atoms with Crippen molar-refractivity contribution in [2.75, 3.05) is 12.0 Å². The highest BCUT2D eigenvalue weighted by atomic mass is 35.5. The molecule has 4 aromatic rings. The number of nitrogens with one attached hydrogen (secondary N) is 1. The van der Waals surface area contributed by atoms with E-state index < -0.39 is 30.1 Å². The molecule has 9 heteroatoms. The van der Waals surface area contributed by atoms with E-state index in [2.05, 4.69) is 5.32 Å². The molecule has 0 bridgehead atoms. The number of halogens is 1. The lowest BCUT2D eigenvalue weighted by molar-refractivity contribution is -0.142. The number of hydrogen-bond donors (Lipinski definition) is 1. The first-order valence-electron chi connectivity index (χ1n) is 14.6. The zero-order chi connectivity index (χ0) is 32.1. The molecule has 3 atom stereocenters. The summed E-state index contributed by atoms with van der Waals surface area (Å²) in [7, 11) is 1.26. The predicted molar refractivity (Wildman–Crippen MR) is 173 cm³/mol. The summed E-state index contributed by atoms with van der Waals surface area (Å²) < 4.78 is 4.98. The third-order valence-corrected chi connectivity index (χ3v) is 8.31. The van der Waals surface area contributed by atoms with E-state index in [0.29, 0.717) is 23.2 Å². The number of anilines is 1. The van der Waals surface area contributed by atoms with E-state index in [4.69, 9.17) is 16.3 Å². The lowest BCUT2D eigenvalue weighted by atomic mass is 10.0. The number of nitrogens with zero attached hydrogens (tertiary/aromatic N) is 2. The molecule has 0 saturated carbocycles. The molecule has 1 fully saturated rings. The fraction of sp³-hybridized carbons (Fsp3) is 0.222. The van der Waals surface area contributed by atoms with Crippen LogP contribution in [0.25, 0.3) is 0 Å². The molecule has 0 unspecified atom stereocenters. The van der Waals surface area contributed by atoms with E-state index in [1.165, 1.54) is 14.0 Å². The number of esters is 1. The number of carbonyl (C=O) groups is 4. The lowest BCUT2D eigenvalue weighted by Crippen LogP contribution is -2.43. The van der Waals surface area contributed by atoms with Crippen molar-refractivity contribution in [1.29, 1.82) is 0 Å². The molecule has 1 saturated heterocycles. The molecule has 45 heavy (non-hydrogen) atoms. The maximum absolute atomic E-state index is 14.1. The molecular weight excluding hydrogens is 590 g/mol. The Morgan fingerprint density at radius 2 is 1.51 bits per heavy atom. The van der Waals surface area contributed by atoms with Crippen molar-refractivity contribution >= 4 is 41.0 Å². The molecule has 8 nitrogen and oxygen atoms in total. The number of hydrogen-bond acceptors (Lipinski definition) is 5. The van der Waals surface area contributed by atoms with Gasteiger partial charge in [0.15, 0.2) is 0 Å². The summed E-state index contributed by atoms with van der Waals surface area (Å²) in [5.74, 6) is -1.47. The standard InChI is InChI=1S/C36H34ClN3O5/c1-23-11-10-16-29(37)32(23)33(42)38-30(36(44)45-3)21-26-17-19-28(20-18-26)40-34(27-14-8-5-9-15-27)39(24(2)41)31(35(40)43)22-25-12-6-4-7-13-25/h4-20,30-31,34H,21-22H2,1-3H3,(H,38,42)/t30-,31+,34-/m0/s1. The normalized spacial score (nSPS) is 16.8. The van der Waals surface area contributed by atoms with E-state index in [-0.39, 0.29) is 23.3 Å². The highest BCUT2D eigenvalue weighted by Crippen LogP contribution is 2.39. The van der Waals surface area contributed by atoms with Crippen LogP contribution < -0.4 is 10.2 Å². The second kappa shape index (κ2) is 13.8. The zero-order valence-corrected chi connectivity index (χ0v) is 26.0. The molecule has 0 aromatic heterocycles. The maximum Gasteiger partial charge on any atom is 0.328 e. The summed E-state index contributed by atoms with van der Waals surface area (Å²) >= 11 is 6.28. The minimum atomic E-state index is -0.974. The molecule has 230 valence electrons. The first-order valence-corrected chi connectivity index (χ1v) is 15.0. The third kappa shape index (κ3) is 6.76. The van der Waals surface area contributed by atoms with E-state index in [9.17, 15) is 19.2 Å². The van der Waals surface area contributed by atoms with Crippen molar-refractivity contribution in [3.63, 3.8) is 0 Å². The number of rotatable bonds is 9. The Kier molecular flexibility index (Phi) is 9.64. The summed E-state index contributed by atoms with van der Waals surface area (Å²) in [5, 5.41) is 3.05. The fourth-order valence-electron chi connectivity index (χ4n) is 5.83. The second-order valence-electron chi connectivity index (χ2n) is 11.0. The highest BCUT2D eigenvalue weighted by molar-refractivity contribution is 6.34. The Bertz CT molecular complexity index is 1680. The molecule has 5 rings (SSSR count).